The molecule has 0 aromatic carbocycles. The van der Waals surface area contributed by atoms with Crippen molar-refractivity contribution in [1.29, 1.82) is 0 Å². The second-order valence-electron chi connectivity index (χ2n) is 7.51. The van der Waals surface area contributed by atoms with Gasteiger partial charge in [-0.2, -0.15) is 0 Å². The normalized spacial score (nSPS) is 59.4. The minimum atomic E-state index is -0.698. The second kappa shape index (κ2) is 4.65. The van der Waals surface area contributed by atoms with Gasteiger partial charge in [-0.25, -0.2) is 9.78 Å². The van der Waals surface area contributed by atoms with Crippen LogP contribution in [0.2, 0.25) is 0 Å². The van der Waals surface area contributed by atoms with Gasteiger partial charge in [0.1, 0.15) is 0 Å². The lowest BCUT2D eigenvalue weighted by molar-refractivity contribution is -0.577. The number of ether oxygens (including phenoxy) is 3. The van der Waals surface area contributed by atoms with Crippen LogP contribution in [0.25, 0.3) is 0 Å². The van der Waals surface area contributed by atoms with Crippen molar-refractivity contribution >= 4 is 0 Å². The van der Waals surface area contributed by atoms with Crippen LogP contribution in [0.5, 0.6) is 0 Å². The molecule has 0 radical (unpaired) electrons. The zero-order valence-electron chi connectivity index (χ0n) is 13.3. The molecule has 120 valence electrons. The molecule has 0 aromatic heterocycles. The van der Waals surface area contributed by atoms with Gasteiger partial charge < -0.3 is 14.2 Å². The SMILES string of the molecule is COC1OC2OC3(C)CCC4C(C)CCC(C1C)[C@@]24OO3. The number of fused-ring (bicyclic) bond motifs is 2. The van der Waals surface area contributed by atoms with Crippen LogP contribution in [0.4, 0.5) is 0 Å². The van der Waals surface area contributed by atoms with Gasteiger partial charge in [0.05, 0.1) is 0 Å². The molecule has 1 aliphatic carbocycles. The first kappa shape index (κ1) is 14.4. The molecule has 5 aliphatic rings. The maximum atomic E-state index is 6.21. The highest BCUT2D eigenvalue weighted by molar-refractivity contribution is 5.08. The molecule has 5 rings (SSSR count). The van der Waals surface area contributed by atoms with Crippen molar-refractivity contribution in [2.75, 3.05) is 7.11 Å². The van der Waals surface area contributed by atoms with Crippen molar-refractivity contribution in [3.05, 3.63) is 0 Å². The Labute approximate surface area is 126 Å². The van der Waals surface area contributed by atoms with Gasteiger partial charge in [-0.1, -0.05) is 13.8 Å². The number of hydrogen-bond donors (Lipinski definition) is 0. The van der Waals surface area contributed by atoms with Crippen molar-refractivity contribution in [3.8, 4) is 0 Å². The van der Waals surface area contributed by atoms with E-state index >= 15 is 0 Å². The topological polar surface area (TPSA) is 46.2 Å². The maximum Gasteiger partial charge on any atom is 0.201 e. The molecule has 0 amide bonds. The monoisotopic (exact) mass is 298 g/mol. The molecule has 4 aliphatic heterocycles. The van der Waals surface area contributed by atoms with Crippen LogP contribution >= 0.6 is 0 Å². The van der Waals surface area contributed by atoms with Gasteiger partial charge in [0, 0.05) is 25.4 Å². The summed E-state index contributed by atoms with van der Waals surface area (Å²) >= 11 is 0. The molecule has 8 atom stereocenters. The lowest BCUT2D eigenvalue weighted by Crippen LogP contribution is -2.70. The highest BCUT2D eigenvalue weighted by Gasteiger charge is 2.69. The Kier molecular flexibility index (Phi) is 3.19. The van der Waals surface area contributed by atoms with E-state index < -0.39 is 17.7 Å². The molecule has 0 aromatic rings. The first-order valence-corrected chi connectivity index (χ1v) is 8.23. The summed E-state index contributed by atoms with van der Waals surface area (Å²) in [5.74, 6) is 0.953. The molecule has 1 saturated carbocycles. The molecule has 5 nitrogen and oxygen atoms in total. The standard InChI is InChI=1S/C16H26O5/c1-9-5-6-12-10(2)13(17-4)18-14-16(12)11(9)7-8-15(3,19-14)20-21-16/h9-14H,5-8H2,1-4H3/t9?,10?,11?,12?,13?,14?,15?,16-/m1/s1. The minimum Gasteiger partial charge on any atom is -0.355 e. The summed E-state index contributed by atoms with van der Waals surface area (Å²) in [7, 11) is 1.70. The van der Waals surface area contributed by atoms with Crippen molar-refractivity contribution < 1.29 is 24.0 Å². The Morgan fingerprint density at radius 2 is 1.86 bits per heavy atom. The highest BCUT2D eigenvalue weighted by Crippen LogP contribution is 2.60. The van der Waals surface area contributed by atoms with Gasteiger partial charge in [0.2, 0.25) is 5.79 Å². The lowest BCUT2D eigenvalue weighted by Gasteiger charge is -2.60. The Balaban J connectivity index is 1.79. The predicted molar refractivity (Wildman–Crippen MR) is 73.8 cm³/mol. The molecule has 5 heteroatoms. The molecule has 0 N–H and O–H groups in total. The average molecular weight is 298 g/mol. The largest absolute Gasteiger partial charge is 0.355 e. The van der Waals surface area contributed by atoms with Crippen LogP contribution in [0, 0.1) is 23.7 Å². The third kappa shape index (κ3) is 1.81. The zero-order chi connectivity index (χ0) is 14.8. The summed E-state index contributed by atoms with van der Waals surface area (Å²) in [6, 6.07) is 0. The first-order chi connectivity index (χ1) is 10.00. The van der Waals surface area contributed by atoms with Crippen LogP contribution in [0.15, 0.2) is 0 Å². The Bertz CT molecular complexity index is 429. The van der Waals surface area contributed by atoms with E-state index in [0.29, 0.717) is 17.8 Å². The van der Waals surface area contributed by atoms with E-state index in [9.17, 15) is 0 Å². The molecule has 7 unspecified atom stereocenters. The molecule has 1 spiro atoms. The number of rotatable bonds is 1. The van der Waals surface area contributed by atoms with E-state index in [4.69, 9.17) is 24.0 Å². The Morgan fingerprint density at radius 3 is 2.62 bits per heavy atom. The van der Waals surface area contributed by atoms with Crippen LogP contribution in [0.1, 0.15) is 46.5 Å². The first-order valence-electron chi connectivity index (χ1n) is 8.23. The smallest absolute Gasteiger partial charge is 0.201 e. The Hall–Kier alpha value is -0.200. The number of hydrogen-bond acceptors (Lipinski definition) is 5. The zero-order valence-corrected chi connectivity index (χ0v) is 13.3. The minimum absolute atomic E-state index is 0.230. The predicted octanol–water partition coefficient (Wildman–Crippen LogP) is 2.84. The fourth-order valence-electron chi connectivity index (χ4n) is 5.14. The van der Waals surface area contributed by atoms with E-state index in [1.807, 2.05) is 6.92 Å². The fourth-order valence-corrected chi connectivity index (χ4v) is 5.14. The molecular weight excluding hydrogens is 272 g/mol. The summed E-state index contributed by atoms with van der Waals surface area (Å²) in [6.07, 6.45) is 3.64. The maximum absolute atomic E-state index is 6.21. The van der Waals surface area contributed by atoms with Crippen LogP contribution < -0.4 is 0 Å². The molecule has 4 saturated heterocycles. The molecular formula is C16H26O5. The number of methoxy groups -OCH3 is 1. The van der Waals surface area contributed by atoms with Gasteiger partial charge in [-0.3, -0.25) is 0 Å². The van der Waals surface area contributed by atoms with E-state index in [1.165, 1.54) is 6.42 Å². The van der Waals surface area contributed by atoms with Crippen molar-refractivity contribution in [2.45, 2.75) is 70.4 Å². The van der Waals surface area contributed by atoms with E-state index in [1.54, 1.807) is 7.11 Å². The summed E-state index contributed by atoms with van der Waals surface area (Å²) in [4.78, 5) is 11.8. The second-order valence-corrected chi connectivity index (χ2v) is 7.51. The molecule has 4 heterocycles. The van der Waals surface area contributed by atoms with Crippen molar-refractivity contribution in [3.63, 3.8) is 0 Å². The average Bonchev–Trinajstić information content (AvgIpc) is 2.69. The summed E-state index contributed by atoms with van der Waals surface area (Å²) in [6.45, 7) is 6.46. The molecule has 21 heavy (non-hydrogen) atoms. The quantitative estimate of drug-likeness (QED) is 0.697. The summed E-state index contributed by atoms with van der Waals surface area (Å²) in [5, 5.41) is 0. The third-order valence-corrected chi connectivity index (χ3v) is 6.33. The summed E-state index contributed by atoms with van der Waals surface area (Å²) < 4.78 is 17.9. The van der Waals surface area contributed by atoms with Crippen LogP contribution in [-0.4, -0.2) is 31.1 Å². The van der Waals surface area contributed by atoms with Crippen molar-refractivity contribution in [2.24, 2.45) is 23.7 Å². The fraction of sp³-hybridized carbons (Fsp3) is 1.00. The van der Waals surface area contributed by atoms with Gasteiger partial charge in [0.15, 0.2) is 18.2 Å². The highest BCUT2D eigenvalue weighted by atomic mass is 17.3. The Morgan fingerprint density at radius 1 is 1.05 bits per heavy atom. The summed E-state index contributed by atoms with van der Waals surface area (Å²) in [5.41, 5.74) is -0.470. The van der Waals surface area contributed by atoms with Gasteiger partial charge in [-0.15, -0.1) is 0 Å². The van der Waals surface area contributed by atoms with Crippen LogP contribution in [0.3, 0.4) is 0 Å². The van der Waals surface area contributed by atoms with Gasteiger partial charge in [-0.05, 0) is 38.0 Å². The van der Waals surface area contributed by atoms with Gasteiger partial charge >= 0.3 is 0 Å². The van der Waals surface area contributed by atoms with Crippen molar-refractivity contribution in [1.82, 2.24) is 0 Å². The molecule has 2 bridgehead atoms. The lowest BCUT2D eigenvalue weighted by atomic mass is 9.58. The third-order valence-electron chi connectivity index (χ3n) is 6.33. The van der Waals surface area contributed by atoms with E-state index in [2.05, 4.69) is 13.8 Å². The van der Waals surface area contributed by atoms with E-state index in [0.717, 1.165) is 19.3 Å². The van der Waals surface area contributed by atoms with Crippen LogP contribution in [-0.2, 0) is 24.0 Å². The molecule has 5 fully saturated rings. The van der Waals surface area contributed by atoms with Gasteiger partial charge in [0.25, 0.3) is 0 Å². The van der Waals surface area contributed by atoms with E-state index in [-0.39, 0.29) is 12.2 Å².